The largest absolute Gasteiger partial charge is 0.434 e. The quantitative estimate of drug-likeness (QED) is 0.742. The number of hydrogen-bond acceptors (Lipinski definition) is 2. The van der Waals surface area contributed by atoms with E-state index in [0.29, 0.717) is 16.8 Å². The van der Waals surface area contributed by atoms with Crippen LogP contribution < -0.4 is 0 Å². The van der Waals surface area contributed by atoms with Crippen molar-refractivity contribution in [2.24, 2.45) is 5.92 Å². The topological polar surface area (TPSA) is 12.9 Å². The molecule has 0 amide bonds. The van der Waals surface area contributed by atoms with Crippen LogP contribution in [0.2, 0.25) is 0 Å². The van der Waals surface area contributed by atoms with Crippen molar-refractivity contribution in [2.75, 3.05) is 0 Å². The number of hydrogen-bond donors (Lipinski definition) is 0. The van der Waals surface area contributed by atoms with Crippen LogP contribution in [0.3, 0.4) is 0 Å². The van der Waals surface area contributed by atoms with Crippen LogP contribution in [0.4, 0.5) is 13.2 Å². The summed E-state index contributed by atoms with van der Waals surface area (Å²) in [7, 11) is 0. The standard InChI is InChI=1S/C9H10F3NS/c1-2-5-3-6(5)8-13-7(4-14-8)9(10,11)12/h4-6H,2-3H2,1H3/t5-,6-/m0/s1. The van der Waals surface area contributed by atoms with E-state index in [-0.39, 0.29) is 0 Å². The van der Waals surface area contributed by atoms with E-state index in [1.807, 2.05) is 0 Å². The van der Waals surface area contributed by atoms with Crippen LogP contribution in [0.5, 0.6) is 0 Å². The highest BCUT2D eigenvalue weighted by Crippen LogP contribution is 2.50. The third-order valence-corrected chi connectivity index (χ3v) is 3.55. The second kappa shape index (κ2) is 3.22. The van der Waals surface area contributed by atoms with Gasteiger partial charge in [0.2, 0.25) is 0 Å². The maximum absolute atomic E-state index is 12.2. The first kappa shape index (κ1) is 9.96. The zero-order chi connectivity index (χ0) is 10.3. The van der Waals surface area contributed by atoms with Crippen molar-refractivity contribution in [2.45, 2.75) is 31.9 Å². The molecule has 1 saturated carbocycles. The highest BCUT2D eigenvalue weighted by Gasteiger charge is 2.41. The predicted octanol–water partition coefficient (Wildman–Crippen LogP) is 3.68. The normalized spacial score (nSPS) is 26.6. The van der Waals surface area contributed by atoms with E-state index in [9.17, 15) is 13.2 Å². The molecular weight excluding hydrogens is 211 g/mol. The summed E-state index contributed by atoms with van der Waals surface area (Å²) < 4.78 is 36.6. The van der Waals surface area contributed by atoms with Crippen LogP contribution >= 0.6 is 11.3 Å². The van der Waals surface area contributed by atoms with Crippen LogP contribution in [0.1, 0.15) is 36.4 Å². The summed E-state index contributed by atoms with van der Waals surface area (Å²) in [5.74, 6) is 0.850. The van der Waals surface area contributed by atoms with E-state index < -0.39 is 11.9 Å². The van der Waals surface area contributed by atoms with E-state index in [0.717, 1.165) is 29.6 Å². The minimum atomic E-state index is -4.29. The molecule has 2 rings (SSSR count). The maximum Gasteiger partial charge on any atom is 0.434 e. The van der Waals surface area contributed by atoms with Crippen molar-refractivity contribution in [3.63, 3.8) is 0 Å². The van der Waals surface area contributed by atoms with Gasteiger partial charge in [0, 0.05) is 11.3 Å². The molecule has 0 bridgehead atoms. The number of aromatic nitrogens is 1. The van der Waals surface area contributed by atoms with Gasteiger partial charge in [0.25, 0.3) is 0 Å². The highest BCUT2D eigenvalue weighted by atomic mass is 32.1. The van der Waals surface area contributed by atoms with Crippen LogP contribution in [0, 0.1) is 5.92 Å². The summed E-state index contributed by atoms with van der Waals surface area (Å²) in [6, 6.07) is 0. The maximum atomic E-state index is 12.2. The Morgan fingerprint density at radius 3 is 2.71 bits per heavy atom. The molecule has 5 heteroatoms. The molecule has 1 aromatic rings. The molecular formula is C9H10F3NS. The molecule has 1 heterocycles. The van der Waals surface area contributed by atoms with Gasteiger partial charge >= 0.3 is 6.18 Å². The molecule has 0 radical (unpaired) electrons. The van der Waals surface area contributed by atoms with E-state index in [2.05, 4.69) is 11.9 Å². The third kappa shape index (κ3) is 1.78. The summed E-state index contributed by atoms with van der Waals surface area (Å²) in [4.78, 5) is 3.64. The van der Waals surface area contributed by atoms with Gasteiger partial charge in [0.05, 0.1) is 5.01 Å². The van der Waals surface area contributed by atoms with Crippen LogP contribution in [0.15, 0.2) is 5.38 Å². The lowest BCUT2D eigenvalue weighted by molar-refractivity contribution is -0.140. The summed E-state index contributed by atoms with van der Waals surface area (Å²) in [5, 5.41) is 1.77. The molecule has 1 aromatic heterocycles. The fraction of sp³-hybridized carbons (Fsp3) is 0.667. The monoisotopic (exact) mass is 221 g/mol. The highest BCUT2D eigenvalue weighted by molar-refractivity contribution is 7.09. The average molecular weight is 221 g/mol. The Balaban J connectivity index is 2.12. The van der Waals surface area contributed by atoms with Gasteiger partial charge in [0.1, 0.15) is 0 Å². The van der Waals surface area contributed by atoms with E-state index in [4.69, 9.17) is 0 Å². The summed E-state index contributed by atoms with van der Waals surface area (Å²) >= 11 is 1.14. The minimum Gasteiger partial charge on any atom is -0.236 e. The summed E-state index contributed by atoms with van der Waals surface area (Å²) in [6.45, 7) is 2.06. The minimum absolute atomic E-state index is 0.293. The van der Waals surface area contributed by atoms with E-state index >= 15 is 0 Å². The van der Waals surface area contributed by atoms with Crippen molar-refractivity contribution in [3.8, 4) is 0 Å². The molecule has 1 fully saturated rings. The number of rotatable bonds is 2. The Hall–Kier alpha value is -0.580. The van der Waals surface area contributed by atoms with E-state index in [1.165, 1.54) is 0 Å². The van der Waals surface area contributed by atoms with Crippen molar-refractivity contribution in [3.05, 3.63) is 16.1 Å². The molecule has 0 N–H and O–H groups in total. The van der Waals surface area contributed by atoms with Gasteiger partial charge in [-0.1, -0.05) is 13.3 Å². The van der Waals surface area contributed by atoms with Gasteiger partial charge in [-0.05, 0) is 12.3 Å². The molecule has 1 aliphatic carbocycles. The lowest BCUT2D eigenvalue weighted by atomic mass is 10.3. The molecule has 78 valence electrons. The Morgan fingerprint density at radius 2 is 2.29 bits per heavy atom. The number of halogens is 3. The van der Waals surface area contributed by atoms with Gasteiger partial charge in [-0.15, -0.1) is 11.3 Å². The van der Waals surface area contributed by atoms with E-state index in [1.54, 1.807) is 0 Å². The molecule has 0 unspecified atom stereocenters. The fourth-order valence-corrected chi connectivity index (χ4v) is 2.62. The van der Waals surface area contributed by atoms with Gasteiger partial charge in [-0.2, -0.15) is 13.2 Å². The Morgan fingerprint density at radius 1 is 1.57 bits per heavy atom. The second-order valence-corrected chi connectivity index (χ2v) is 4.47. The fourth-order valence-electron chi connectivity index (χ4n) is 1.59. The first-order valence-corrected chi connectivity index (χ1v) is 5.43. The first-order valence-electron chi connectivity index (χ1n) is 4.55. The molecule has 0 aromatic carbocycles. The zero-order valence-electron chi connectivity index (χ0n) is 7.64. The lowest BCUT2D eigenvalue weighted by Crippen LogP contribution is -2.05. The van der Waals surface area contributed by atoms with Gasteiger partial charge in [-0.25, -0.2) is 4.98 Å². The average Bonchev–Trinajstić information content (AvgIpc) is 2.71. The molecule has 1 nitrogen and oxygen atoms in total. The van der Waals surface area contributed by atoms with Crippen LogP contribution in [0.25, 0.3) is 0 Å². The molecule has 0 spiro atoms. The Labute approximate surface area is 84.0 Å². The SMILES string of the molecule is CC[C@H]1C[C@@H]1c1nc(C(F)(F)F)cs1. The zero-order valence-corrected chi connectivity index (χ0v) is 8.45. The number of thiazole rings is 1. The summed E-state index contributed by atoms with van der Waals surface area (Å²) in [6.07, 6.45) is -2.25. The van der Waals surface area contributed by atoms with Gasteiger partial charge in [-0.3, -0.25) is 0 Å². The second-order valence-electron chi connectivity index (χ2n) is 3.58. The van der Waals surface area contributed by atoms with Crippen molar-refractivity contribution >= 4 is 11.3 Å². The molecule has 14 heavy (non-hydrogen) atoms. The smallest absolute Gasteiger partial charge is 0.236 e. The molecule has 0 aliphatic heterocycles. The van der Waals surface area contributed by atoms with Crippen LogP contribution in [-0.4, -0.2) is 4.98 Å². The number of nitrogens with zero attached hydrogens (tertiary/aromatic N) is 1. The Kier molecular flexibility index (Phi) is 2.29. The lowest BCUT2D eigenvalue weighted by Gasteiger charge is -1.99. The molecule has 0 saturated heterocycles. The molecule has 1 aliphatic rings. The first-order chi connectivity index (χ1) is 6.52. The third-order valence-electron chi connectivity index (χ3n) is 2.58. The predicted molar refractivity (Wildman–Crippen MR) is 48.3 cm³/mol. The van der Waals surface area contributed by atoms with Gasteiger partial charge in [0.15, 0.2) is 5.69 Å². The van der Waals surface area contributed by atoms with Crippen molar-refractivity contribution in [1.29, 1.82) is 0 Å². The van der Waals surface area contributed by atoms with Gasteiger partial charge < -0.3 is 0 Å². The van der Waals surface area contributed by atoms with Crippen LogP contribution in [-0.2, 0) is 6.18 Å². The van der Waals surface area contributed by atoms with Crippen molar-refractivity contribution < 1.29 is 13.2 Å². The summed E-state index contributed by atoms with van der Waals surface area (Å²) in [5.41, 5.74) is -0.737. The Bertz CT molecular complexity index is 331. The molecule has 2 atom stereocenters. The van der Waals surface area contributed by atoms with Crippen molar-refractivity contribution in [1.82, 2.24) is 4.98 Å². The number of alkyl halides is 3.